The van der Waals surface area contributed by atoms with Crippen LogP contribution in [0.1, 0.15) is 10.4 Å². The van der Waals surface area contributed by atoms with Crippen molar-refractivity contribution in [1.29, 1.82) is 0 Å². The predicted octanol–water partition coefficient (Wildman–Crippen LogP) is 1.58. The highest BCUT2D eigenvalue weighted by Gasteiger charge is 2.06. The molecule has 78 valence electrons. The maximum atomic E-state index is 10.8. The number of nitrogens with zero attached hydrogens (tertiary/aromatic N) is 3. The minimum Gasteiger partial charge on any atom is -0.478 e. The topological polar surface area (TPSA) is 67.5 Å². The maximum absolute atomic E-state index is 10.8. The van der Waals surface area contributed by atoms with Crippen LogP contribution in [-0.4, -0.2) is 25.7 Å². The molecule has 0 saturated heterocycles. The average Bonchev–Trinajstić information content (AvgIpc) is 2.76. The fourth-order valence-electron chi connectivity index (χ4n) is 1.75. The summed E-state index contributed by atoms with van der Waals surface area (Å²) in [7, 11) is 0. The molecule has 1 N–H and O–H groups in total. The molecule has 0 radical (unpaired) electrons. The lowest BCUT2D eigenvalue weighted by atomic mass is 10.1. The molecule has 16 heavy (non-hydrogen) atoms. The van der Waals surface area contributed by atoms with E-state index in [1.165, 1.54) is 0 Å². The van der Waals surface area contributed by atoms with E-state index < -0.39 is 5.97 Å². The van der Waals surface area contributed by atoms with Gasteiger partial charge in [0.05, 0.1) is 11.1 Å². The van der Waals surface area contributed by atoms with Crippen LogP contribution in [-0.2, 0) is 0 Å². The number of hydrogen-bond donors (Lipinski definition) is 1. The van der Waals surface area contributed by atoms with Crippen molar-refractivity contribution in [3.05, 3.63) is 42.2 Å². The smallest absolute Gasteiger partial charge is 0.335 e. The zero-order chi connectivity index (χ0) is 11.1. The van der Waals surface area contributed by atoms with Gasteiger partial charge >= 0.3 is 5.97 Å². The summed E-state index contributed by atoms with van der Waals surface area (Å²) in [5.74, 6) is -0.925. The third-order valence-electron chi connectivity index (χ3n) is 2.52. The van der Waals surface area contributed by atoms with Crippen molar-refractivity contribution in [1.82, 2.24) is 14.6 Å². The van der Waals surface area contributed by atoms with Gasteiger partial charge in [-0.3, -0.25) is 4.40 Å². The Kier molecular flexibility index (Phi) is 1.67. The van der Waals surface area contributed by atoms with E-state index in [2.05, 4.69) is 10.2 Å². The quantitative estimate of drug-likeness (QED) is 0.666. The Morgan fingerprint density at radius 3 is 2.94 bits per heavy atom. The van der Waals surface area contributed by atoms with Crippen molar-refractivity contribution in [2.24, 2.45) is 0 Å². The van der Waals surface area contributed by atoms with E-state index in [0.717, 1.165) is 16.6 Å². The van der Waals surface area contributed by atoms with Gasteiger partial charge in [0.15, 0.2) is 5.65 Å². The summed E-state index contributed by atoms with van der Waals surface area (Å²) in [6.45, 7) is 0. The molecule has 0 aliphatic rings. The molecule has 0 amide bonds. The maximum Gasteiger partial charge on any atom is 0.335 e. The predicted molar refractivity (Wildman–Crippen MR) is 57.5 cm³/mol. The Hall–Kier alpha value is -2.43. The number of aromatic nitrogens is 3. The molecule has 0 bridgehead atoms. The lowest BCUT2D eigenvalue weighted by Crippen LogP contribution is -1.96. The van der Waals surface area contributed by atoms with Crippen LogP contribution < -0.4 is 0 Å². The van der Waals surface area contributed by atoms with Crippen LogP contribution in [0.25, 0.3) is 16.6 Å². The summed E-state index contributed by atoms with van der Waals surface area (Å²) in [6, 6.07) is 8.61. The summed E-state index contributed by atoms with van der Waals surface area (Å²) in [5, 5.41) is 17.5. The van der Waals surface area contributed by atoms with Gasteiger partial charge in [-0.25, -0.2) is 4.79 Å². The monoisotopic (exact) mass is 213 g/mol. The summed E-state index contributed by atoms with van der Waals surface area (Å²) in [6.07, 6.45) is 1.61. The molecule has 0 aliphatic heterocycles. The van der Waals surface area contributed by atoms with Crippen LogP contribution in [0, 0.1) is 0 Å². The molecule has 0 spiro atoms. The summed E-state index contributed by atoms with van der Waals surface area (Å²) in [4.78, 5) is 10.8. The fourth-order valence-corrected chi connectivity index (χ4v) is 1.75. The molecular formula is C11H7N3O2. The van der Waals surface area contributed by atoms with Crippen LogP contribution in [0.3, 0.4) is 0 Å². The largest absolute Gasteiger partial charge is 0.478 e. The first-order chi connectivity index (χ1) is 7.75. The molecule has 1 aromatic carbocycles. The second kappa shape index (κ2) is 3.03. The van der Waals surface area contributed by atoms with E-state index in [1.807, 2.05) is 10.5 Å². The number of carboxylic acids is 1. The van der Waals surface area contributed by atoms with Gasteiger partial charge in [-0.1, -0.05) is 0 Å². The minimum absolute atomic E-state index is 0.278. The molecule has 0 saturated carbocycles. The zero-order valence-corrected chi connectivity index (χ0v) is 8.16. The van der Waals surface area contributed by atoms with E-state index in [-0.39, 0.29) is 5.56 Å². The summed E-state index contributed by atoms with van der Waals surface area (Å²) >= 11 is 0. The second-order valence-corrected chi connectivity index (χ2v) is 3.47. The number of carboxylic acid groups (broad SMARTS) is 1. The number of pyridine rings is 1. The first-order valence-corrected chi connectivity index (χ1v) is 4.71. The van der Waals surface area contributed by atoms with Gasteiger partial charge in [0.1, 0.15) is 6.33 Å². The highest BCUT2D eigenvalue weighted by molar-refractivity contribution is 5.93. The van der Waals surface area contributed by atoms with Crippen molar-refractivity contribution in [3.8, 4) is 0 Å². The second-order valence-electron chi connectivity index (χ2n) is 3.47. The van der Waals surface area contributed by atoms with Gasteiger partial charge in [-0.15, -0.1) is 10.2 Å². The Labute approximate surface area is 90.0 Å². The molecular weight excluding hydrogens is 206 g/mol. The average molecular weight is 213 g/mol. The van der Waals surface area contributed by atoms with Crippen molar-refractivity contribution in [3.63, 3.8) is 0 Å². The summed E-state index contributed by atoms with van der Waals surface area (Å²) in [5.41, 5.74) is 1.92. The number of hydrogen-bond acceptors (Lipinski definition) is 3. The van der Waals surface area contributed by atoms with Gasteiger partial charge in [-0.05, 0) is 35.7 Å². The minimum atomic E-state index is -0.925. The molecule has 0 atom stereocenters. The third-order valence-corrected chi connectivity index (χ3v) is 2.52. The van der Waals surface area contributed by atoms with Crippen molar-refractivity contribution < 1.29 is 9.90 Å². The molecule has 2 aromatic heterocycles. The van der Waals surface area contributed by atoms with Gasteiger partial charge in [0.2, 0.25) is 0 Å². The molecule has 3 aromatic rings. The standard InChI is InChI=1S/C11H7N3O2/c15-11(16)8-1-3-9-7(5-8)2-4-10-13-12-6-14(9)10/h1-6H,(H,15,16). The van der Waals surface area contributed by atoms with Crippen LogP contribution in [0.2, 0.25) is 0 Å². The normalized spacial score (nSPS) is 11.0. The van der Waals surface area contributed by atoms with E-state index >= 15 is 0 Å². The Bertz CT molecular complexity index is 703. The Morgan fingerprint density at radius 2 is 2.12 bits per heavy atom. The molecule has 5 heteroatoms. The molecule has 5 nitrogen and oxygen atoms in total. The highest BCUT2D eigenvalue weighted by Crippen LogP contribution is 2.17. The van der Waals surface area contributed by atoms with Gasteiger partial charge in [0.25, 0.3) is 0 Å². The summed E-state index contributed by atoms with van der Waals surface area (Å²) < 4.78 is 1.82. The number of rotatable bonds is 1. The first-order valence-electron chi connectivity index (χ1n) is 4.71. The molecule has 0 fully saturated rings. The van der Waals surface area contributed by atoms with Crippen LogP contribution in [0.4, 0.5) is 0 Å². The highest BCUT2D eigenvalue weighted by atomic mass is 16.4. The van der Waals surface area contributed by atoms with E-state index in [1.54, 1.807) is 30.6 Å². The molecule has 3 rings (SSSR count). The Balaban J connectivity index is 2.41. The van der Waals surface area contributed by atoms with Crippen molar-refractivity contribution in [2.75, 3.05) is 0 Å². The van der Waals surface area contributed by atoms with Crippen molar-refractivity contribution in [2.45, 2.75) is 0 Å². The third kappa shape index (κ3) is 1.15. The number of fused-ring (bicyclic) bond motifs is 3. The van der Waals surface area contributed by atoms with Crippen LogP contribution in [0.5, 0.6) is 0 Å². The van der Waals surface area contributed by atoms with Crippen LogP contribution >= 0.6 is 0 Å². The van der Waals surface area contributed by atoms with Crippen LogP contribution in [0.15, 0.2) is 36.7 Å². The van der Waals surface area contributed by atoms with Gasteiger partial charge < -0.3 is 5.11 Å². The fraction of sp³-hybridized carbons (Fsp3) is 0. The van der Waals surface area contributed by atoms with Gasteiger partial charge in [0, 0.05) is 0 Å². The van der Waals surface area contributed by atoms with Gasteiger partial charge in [-0.2, -0.15) is 0 Å². The lowest BCUT2D eigenvalue weighted by Gasteiger charge is -2.02. The zero-order valence-electron chi connectivity index (χ0n) is 8.16. The molecule has 0 unspecified atom stereocenters. The SMILES string of the molecule is O=C(O)c1ccc2c(ccc3nncn32)c1. The van der Waals surface area contributed by atoms with E-state index in [4.69, 9.17) is 5.11 Å². The molecule has 2 heterocycles. The van der Waals surface area contributed by atoms with Crippen molar-refractivity contribution >= 4 is 22.5 Å². The Morgan fingerprint density at radius 1 is 1.25 bits per heavy atom. The molecule has 0 aliphatic carbocycles. The lowest BCUT2D eigenvalue weighted by molar-refractivity contribution is 0.0697. The van der Waals surface area contributed by atoms with E-state index in [0.29, 0.717) is 0 Å². The van der Waals surface area contributed by atoms with E-state index in [9.17, 15) is 4.79 Å². The number of benzene rings is 1. The first kappa shape index (κ1) is 8.84. The number of aromatic carboxylic acids is 1. The number of carbonyl (C=O) groups is 1.